The maximum absolute atomic E-state index is 11.6. The predicted molar refractivity (Wildman–Crippen MR) is 64.1 cm³/mol. The summed E-state index contributed by atoms with van der Waals surface area (Å²) in [6.45, 7) is 3.06. The van der Waals surface area contributed by atoms with Crippen molar-refractivity contribution in [3.63, 3.8) is 0 Å². The van der Waals surface area contributed by atoms with Crippen molar-refractivity contribution >= 4 is 23.8 Å². The number of aliphatic carboxylic acids is 1. The lowest BCUT2D eigenvalue weighted by molar-refractivity contribution is -0.142. The second-order valence-corrected chi connectivity index (χ2v) is 4.73. The van der Waals surface area contributed by atoms with E-state index in [2.05, 4.69) is 10.6 Å². The van der Waals surface area contributed by atoms with Crippen molar-refractivity contribution in [1.29, 1.82) is 0 Å². The summed E-state index contributed by atoms with van der Waals surface area (Å²) in [5, 5.41) is 13.5. The molecule has 0 unspecified atom stereocenters. The number of carboxylic acid groups (broad SMARTS) is 1. The quantitative estimate of drug-likeness (QED) is 0.544. The molecule has 0 saturated carbocycles. The highest BCUT2D eigenvalue weighted by Crippen LogP contribution is 2.05. The molecule has 19 heavy (non-hydrogen) atoms. The number of hydrogen-bond acceptors (Lipinski definition) is 4. The molecule has 106 valence electrons. The molecule has 1 aliphatic heterocycles. The molecule has 0 bridgehead atoms. The Kier molecular flexibility index (Phi) is 4.85. The first-order chi connectivity index (χ1) is 8.81. The van der Waals surface area contributed by atoms with Crippen LogP contribution in [0.1, 0.15) is 20.3 Å². The van der Waals surface area contributed by atoms with E-state index in [9.17, 15) is 19.2 Å². The highest BCUT2D eigenvalue weighted by atomic mass is 16.4. The van der Waals surface area contributed by atoms with E-state index in [1.807, 2.05) is 13.8 Å². The van der Waals surface area contributed by atoms with E-state index in [1.165, 1.54) is 0 Å². The molecule has 0 spiro atoms. The molecule has 3 N–H and O–H groups in total. The number of urea groups is 1. The van der Waals surface area contributed by atoms with Gasteiger partial charge in [-0.3, -0.25) is 14.5 Å². The molecule has 8 heteroatoms. The highest BCUT2D eigenvalue weighted by Gasteiger charge is 2.31. The molecule has 0 aromatic carbocycles. The van der Waals surface area contributed by atoms with Crippen molar-refractivity contribution < 1.29 is 24.3 Å². The summed E-state index contributed by atoms with van der Waals surface area (Å²) in [7, 11) is 0. The van der Waals surface area contributed by atoms with E-state index < -0.39 is 36.4 Å². The summed E-state index contributed by atoms with van der Waals surface area (Å²) < 4.78 is 0. The maximum atomic E-state index is 11.6. The third kappa shape index (κ3) is 4.23. The highest BCUT2D eigenvalue weighted by molar-refractivity contribution is 6.04. The summed E-state index contributed by atoms with van der Waals surface area (Å²) >= 11 is 0. The lowest BCUT2D eigenvalue weighted by Gasteiger charge is -2.18. The van der Waals surface area contributed by atoms with Crippen LogP contribution in [0.3, 0.4) is 0 Å². The minimum atomic E-state index is -1.14. The van der Waals surface area contributed by atoms with Gasteiger partial charge >= 0.3 is 12.0 Å². The summed E-state index contributed by atoms with van der Waals surface area (Å²) in [5.41, 5.74) is 0. The van der Waals surface area contributed by atoms with Crippen LogP contribution in [0, 0.1) is 5.92 Å². The lowest BCUT2D eigenvalue weighted by Crippen LogP contribution is -2.47. The summed E-state index contributed by atoms with van der Waals surface area (Å²) in [4.78, 5) is 45.8. The van der Waals surface area contributed by atoms with Crippen LogP contribution in [0.4, 0.5) is 4.79 Å². The topological polar surface area (TPSA) is 116 Å². The molecule has 1 saturated heterocycles. The molecule has 1 heterocycles. The van der Waals surface area contributed by atoms with Gasteiger partial charge in [0.15, 0.2) is 0 Å². The van der Waals surface area contributed by atoms with Crippen molar-refractivity contribution in [3.05, 3.63) is 0 Å². The van der Waals surface area contributed by atoms with Crippen LogP contribution in [0.2, 0.25) is 0 Å². The Morgan fingerprint density at radius 1 is 1.42 bits per heavy atom. The average molecular weight is 271 g/mol. The molecule has 4 amide bonds. The molecule has 1 aliphatic rings. The Morgan fingerprint density at radius 3 is 2.47 bits per heavy atom. The van der Waals surface area contributed by atoms with E-state index in [1.54, 1.807) is 0 Å². The van der Waals surface area contributed by atoms with Crippen molar-refractivity contribution in [1.82, 2.24) is 15.5 Å². The van der Waals surface area contributed by atoms with Gasteiger partial charge in [-0.15, -0.1) is 0 Å². The minimum absolute atomic E-state index is 0.0955. The Balaban J connectivity index is 2.55. The van der Waals surface area contributed by atoms with Gasteiger partial charge in [-0.25, -0.2) is 9.59 Å². The van der Waals surface area contributed by atoms with Gasteiger partial charge in [0.05, 0.1) is 6.54 Å². The van der Waals surface area contributed by atoms with Crippen LogP contribution in [0.5, 0.6) is 0 Å². The third-order valence-electron chi connectivity index (χ3n) is 2.58. The predicted octanol–water partition coefficient (Wildman–Crippen LogP) is -0.846. The molecule has 0 aliphatic carbocycles. The van der Waals surface area contributed by atoms with Crippen LogP contribution in [-0.4, -0.2) is 53.0 Å². The summed E-state index contributed by atoms with van der Waals surface area (Å²) in [5.74, 6) is -2.22. The molecule has 1 fully saturated rings. The van der Waals surface area contributed by atoms with Gasteiger partial charge in [0.25, 0.3) is 5.91 Å². The number of nitrogens with one attached hydrogen (secondary N) is 2. The van der Waals surface area contributed by atoms with Crippen molar-refractivity contribution in [2.24, 2.45) is 5.92 Å². The van der Waals surface area contributed by atoms with Gasteiger partial charge in [0, 0.05) is 0 Å². The van der Waals surface area contributed by atoms with Crippen LogP contribution < -0.4 is 10.6 Å². The monoisotopic (exact) mass is 271 g/mol. The van der Waals surface area contributed by atoms with Crippen LogP contribution in [0.15, 0.2) is 0 Å². The zero-order valence-electron chi connectivity index (χ0n) is 10.8. The maximum Gasteiger partial charge on any atom is 0.326 e. The zero-order chi connectivity index (χ0) is 14.6. The van der Waals surface area contributed by atoms with Crippen LogP contribution >= 0.6 is 0 Å². The van der Waals surface area contributed by atoms with E-state index >= 15 is 0 Å². The summed E-state index contributed by atoms with van der Waals surface area (Å²) in [6, 6.07) is -1.66. The average Bonchev–Trinajstić information content (AvgIpc) is 2.59. The number of carboxylic acids is 1. The van der Waals surface area contributed by atoms with Crippen molar-refractivity contribution in [2.45, 2.75) is 26.3 Å². The normalized spacial score (nSPS) is 16.5. The number of nitrogens with zero attached hydrogens (tertiary/aromatic N) is 1. The second-order valence-electron chi connectivity index (χ2n) is 4.73. The number of imide groups is 1. The first-order valence-electron chi connectivity index (χ1n) is 5.91. The van der Waals surface area contributed by atoms with Crippen LogP contribution in [0.25, 0.3) is 0 Å². The Bertz CT molecular complexity index is 391. The molecule has 0 aromatic heterocycles. The van der Waals surface area contributed by atoms with E-state index in [-0.39, 0.29) is 18.9 Å². The van der Waals surface area contributed by atoms with E-state index in [0.717, 1.165) is 4.90 Å². The first kappa shape index (κ1) is 14.9. The number of carbonyl (C=O) groups excluding carboxylic acids is 3. The van der Waals surface area contributed by atoms with Crippen molar-refractivity contribution in [2.75, 3.05) is 13.1 Å². The standard InChI is InChI=1S/C11H17N3O5/c1-6(2)3-7(10(17)18)13-8(15)5-14-9(16)4-12-11(14)19/h6-7H,3-5H2,1-2H3,(H,12,19)(H,13,15)(H,17,18)/t7-/m0/s1. The van der Waals surface area contributed by atoms with Gasteiger partial charge < -0.3 is 15.7 Å². The summed E-state index contributed by atoms with van der Waals surface area (Å²) in [6.07, 6.45) is 0.279. The third-order valence-corrected chi connectivity index (χ3v) is 2.58. The number of amides is 4. The Morgan fingerprint density at radius 2 is 2.05 bits per heavy atom. The molecule has 8 nitrogen and oxygen atoms in total. The largest absolute Gasteiger partial charge is 0.480 e. The molecular formula is C11H17N3O5. The SMILES string of the molecule is CC(C)C[C@H](NC(=O)CN1C(=O)CNC1=O)C(=O)O. The number of rotatable bonds is 6. The molecule has 0 aromatic rings. The van der Waals surface area contributed by atoms with Crippen molar-refractivity contribution in [3.8, 4) is 0 Å². The second kappa shape index (κ2) is 6.17. The van der Waals surface area contributed by atoms with E-state index in [4.69, 9.17) is 5.11 Å². The first-order valence-corrected chi connectivity index (χ1v) is 5.91. The van der Waals surface area contributed by atoms with Gasteiger partial charge in [-0.2, -0.15) is 0 Å². The smallest absolute Gasteiger partial charge is 0.326 e. The fraction of sp³-hybridized carbons (Fsp3) is 0.636. The van der Waals surface area contributed by atoms with Gasteiger partial charge in [-0.05, 0) is 12.3 Å². The fourth-order valence-electron chi connectivity index (χ4n) is 1.69. The van der Waals surface area contributed by atoms with Gasteiger partial charge in [0.2, 0.25) is 5.91 Å². The number of carbonyl (C=O) groups is 4. The molecule has 1 rings (SSSR count). The molecular weight excluding hydrogens is 254 g/mol. The zero-order valence-corrected chi connectivity index (χ0v) is 10.8. The minimum Gasteiger partial charge on any atom is -0.480 e. The number of hydrogen-bond donors (Lipinski definition) is 3. The van der Waals surface area contributed by atoms with Crippen LogP contribution in [-0.2, 0) is 14.4 Å². The van der Waals surface area contributed by atoms with Gasteiger partial charge in [0.1, 0.15) is 12.6 Å². The fourth-order valence-corrected chi connectivity index (χ4v) is 1.69. The van der Waals surface area contributed by atoms with Gasteiger partial charge in [-0.1, -0.05) is 13.8 Å². The Labute approximate surface area is 110 Å². The molecule has 0 radical (unpaired) electrons. The van der Waals surface area contributed by atoms with E-state index in [0.29, 0.717) is 0 Å². The Hall–Kier alpha value is -2.12. The lowest BCUT2D eigenvalue weighted by atomic mass is 10.0. The molecule has 1 atom stereocenters.